The van der Waals surface area contributed by atoms with Gasteiger partial charge in [0.25, 0.3) is 10.1 Å². The molecule has 3 N–H and O–H groups in total. The molecule has 2 rings (SSSR count). The number of nitrogens with zero attached hydrogens (tertiary/aromatic N) is 3. The van der Waals surface area contributed by atoms with Gasteiger partial charge in [0.15, 0.2) is 0 Å². The zero-order valence-electron chi connectivity index (χ0n) is 26.9. The van der Waals surface area contributed by atoms with Crippen molar-refractivity contribution < 1.29 is 31.2 Å². The van der Waals surface area contributed by atoms with Crippen molar-refractivity contribution >= 4 is 30.0 Å². The van der Waals surface area contributed by atoms with E-state index in [0.717, 1.165) is 30.7 Å². The van der Waals surface area contributed by atoms with E-state index in [4.69, 9.17) is 24.9 Å². The number of hydrogen-bond acceptors (Lipinski definition) is 11. The summed E-state index contributed by atoms with van der Waals surface area (Å²) < 4.78 is 59.2. The zero-order valence-corrected chi connectivity index (χ0v) is 28.7. The highest BCUT2D eigenvalue weighted by Crippen LogP contribution is 2.31. The van der Waals surface area contributed by atoms with Gasteiger partial charge in [-0.05, 0) is 43.5 Å². The van der Waals surface area contributed by atoms with Crippen molar-refractivity contribution in [1.82, 2.24) is 9.97 Å². The van der Waals surface area contributed by atoms with Gasteiger partial charge in [-0.25, -0.2) is 4.39 Å². The minimum Gasteiger partial charge on any atom is -0.491 e. The Morgan fingerprint density at radius 2 is 1.81 bits per heavy atom. The Hall–Kier alpha value is -2.52. The van der Waals surface area contributed by atoms with Crippen molar-refractivity contribution in [1.29, 1.82) is 0 Å². The van der Waals surface area contributed by atoms with Gasteiger partial charge in [-0.3, -0.25) is 4.18 Å². The van der Waals surface area contributed by atoms with Crippen LogP contribution in [0.25, 0.3) is 0 Å². The number of aromatic nitrogens is 2. The van der Waals surface area contributed by atoms with Crippen molar-refractivity contribution in [2.45, 2.75) is 84.4 Å². The topological polar surface area (TPSA) is 138 Å². The van der Waals surface area contributed by atoms with Crippen molar-refractivity contribution in [3.63, 3.8) is 0 Å². The van der Waals surface area contributed by atoms with Crippen molar-refractivity contribution in [2.75, 3.05) is 50.1 Å². The highest BCUT2D eigenvalue weighted by atomic mass is 32.2. The number of rotatable bonds is 20. The predicted octanol–water partition coefficient (Wildman–Crippen LogP) is 4.79. The Balaban J connectivity index is 2.34. The molecule has 1 aromatic carbocycles. The normalized spacial score (nSPS) is 13.4. The van der Waals surface area contributed by atoms with Gasteiger partial charge in [0.2, 0.25) is 11.8 Å². The molecule has 1 aromatic heterocycles. The minimum atomic E-state index is -3.59. The molecule has 43 heavy (non-hydrogen) atoms. The lowest BCUT2D eigenvalue weighted by Crippen LogP contribution is -2.48. The van der Waals surface area contributed by atoms with Crippen LogP contribution in [-0.4, -0.2) is 78.4 Å². The second kappa shape index (κ2) is 17.1. The smallest absolute Gasteiger partial charge is 0.264 e. The van der Waals surface area contributed by atoms with Crippen LogP contribution in [0.5, 0.6) is 11.6 Å². The van der Waals surface area contributed by atoms with Crippen molar-refractivity contribution in [3.8, 4) is 11.6 Å². The predicted molar refractivity (Wildman–Crippen MR) is 172 cm³/mol. The van der Waals surface area contributed by atoms with Gasteiger partial charge in [0, 0.05) is 39.9 Å². The molecule has 2 atom stereocenters. The fraction of sp³-hybridized carbons (Fsp3) is 0.655. The summed E-state index contributed by atoms with van der Waals surface area (Å²) in [5, 5.41) is 3.02. The lowest BCUT2D eigenvalue weighted by molar-refractivity contribution is 0.138. The van der Waals surface area contributed by atoms with Gasteiger partial charge in [-0.1, -0.05) is 39.9 Å². The molecule has 0 amide bonds. The van der Waals surface area contributed by atoms with E-state index in [1.54, 1.807) is 13.1 Å². The standard InChI is InChI=1S/C29H50FN5O6SSi/c1-9-11-26(31)21(3)35(20-38-14-15-43(6,7)8)27-25(10-2)28(34-29(32-4)33-27)40-19-22-16-23(30)18-24(17-22)39-12-13-41-42(5,36)37/h16-18,21,26H,9-15,19-20,31H2,1-8H3,(H,32,33,34). The van der Waals surface area contributed by atoms with Crippen LogP contribution >= 0.6 is 0 Å². The largest absolute Gasteiger partial charge is 0.491 e. The maximum Gasteiger partial charge on any atom is 0.264 e. The molecule has 14 heteroatoms. The first-order valence-electron chi connectivity index (χ1n) is 14.8. The highest BCUT2D eigenvalue weighted by Gasteiger charge is 2.27. The van der Waals surface area contributed by atoms with Gasteiger partial charge in [-0.15, -0.1) is 0 Å². The number of hydrogen-bond donors (Lipinski definition) is 2. The summed E-state index contributed by atoms with van der Waals surface area (Å²) in [6.45, 7) is 13.9. The Bertz CT molecular complexity index is 1260. The molecule has 0 aliphatic carbocycles. The summed E-state index contributed by atoms with van der Waals surface area (Å²) in [7, 11) is -3.13. The molecule has 1 heterocycles. The number of nitrogens with one attached hydrogen (secondary N) is 1. The number of nitrogens with two attached hydrogens (primary N) is 1. The fourth-order valence-corrected chi connectivity index (χ4v) is 5.36. The first-order chi connectivity index (χ1) is 20.2. The van der Waals surface area contributed by atoms with Crippen LogP contribution in [0, 0.1) is 5.82 Å². The first-order valence-corrected chi connectivity index (χ1v) is 20.3. The van der Waals surface area contributed by atoms with Crippen molar-refractivity contribution in [2.24, 2.45) is 5.73 Å². The molecule has 0 radical (unpaired) electrons. The Kier molecular flexibility index (Phi) is 14.6. The van der Waals surface area contributed by atoms with E-state index in [2.05, 4.69) is 52.9 Å². The van der Waals surface area contributed by atoms with Crippen LogP contribution in [0.4, 0.5) is 16.2 Å². The van der Waals surface area contributed by atoms with Crippen LogP contribution in [-0.2, 0) is 32.1 Å². The molecule has 2 unspecified atom stereocenters. The molecule has 0 aliphatic rings. The number of ether oxygens (including phenoxy) is 3. The average molecular weight is 644 g/mol. The molecular formula is C29H50FN5O6SSi. The number of benzene rings is 1. The van der Waals surface area contributed by atoms with Crippen LogP contribution in [0.15, 0.2) is 18.2 Å². The van der Waals surface area contributed by atoms with E-state index in [-0.39, 0.29) is 37.7 Å². The van der Waals surface area contributed by atoms with E-state index in [1.165, 1.54) is 12.1 Å². The Labute approximate surface area is 257 Å². The third-order valence-electron chi connectivity index (χ3n) is 6.71. The maximum absolute atomic E-state index is 14.4. The average Bonchev–Trinajstić information content (AvgIpc) is 2.92. The molecule has 11 nitrogen and oxygen atoms in total. The van der Waals surface area contributed by atoms with E-state index in [1.807, 2.05) is 6.92 Å². The quantitative estimate of drug-likeness (QED) is 0.0892. The van der Waals surface area contributed by atoms with Gasteiger partial charge < -0.3 is 30.2 Å². The summed E-state index contributed by atoms with van der Waals surface area (Å²) in [5.74, 6) is 1.13. The molecule has 0 fully saturated rings. The second-order valence-corrected chi connectivity index (χ2v) is 19.0. The Morgan fingerprint density at radius 3 is 2.42 bits per heavy atom. The minimum absolute atomic E-state index is 0.0121. The third-order valence-corrected chi connectivity index (χ3v) is 9.01. The van der Waals surface area contributed by atoms with Crippen LogP contribution in [0.1, 0.15) is 44.7 Å². The van der Waals surface area contributed by atoms with E-state index >= 15 is 0 Å². The van der Waals surface area contributed by atoms with E-state index in [9.17, 15) is 12.8 Å². The summed E-state index contributed by atoms with van der Waals surface area (Å²) in [4.78, 5) is 11.5. The molecule has 0 spiro atoms. The highest BCUT2D eigenvalue weighted by molar-refractivity contribution is 7.85. The van der Waals surface area contributed by atoms with Gasteiger partial charge >= 0.3 is 0 Å². The second-order valence-electron chi connectivity index (χ2n) is 11.7. The van der Waals surface area contributed by atoms with Gasteiger partial charge in [-0.2, -0.15) is 18.4 Å². The zero-order chi connectivity index (χ0) is 32.2. The maximum atomic E-state index is 14.4. The number of anilines is 2. The molecule has 0 bridgehead atoms. The monoisotopic (exact) mass is 643 g/mol. The fourth-order valence-electron chi connectivity index (χ4n) is 4.23. The Morgan fingerprint density at radius 1 is 1.09 bits per heavy atom. The number of halogens is 1. The third kappa shape index (κ3) is 12.9. The van der Waals surface area contributed by atoms with E-state index < -0.39 is 24.0 Å². The molecule has 0 aliphatic heterocycles. The molecule has 2 aromatic rings. The van der Waals surface area contributed by atoms with E-state index in [0.29, 0.717) is 43.0 Å². The van der Waals surface area contributed by atoms with Crippen LogP contribution in [0.2, 0.25) is 25.7 Å². The first kappa shape index (κ1) is 36.7. The molecule has 244 valence electrons. The SMILES string of the molecule is CCCC(N)C(C)N(COCC[Si](C)(C)C)c1nc(NC)nc(OCc2cc(F)cc(OCCOS(C)(=O)=O)c2)c1CC. The molecular weight excluding hydrogens is 593 g/mol. The van der Waals surface area contributed by atoms with Crippen molar-refractivity contribution in [3.05, 3.63) is 35.1 Å². The van der Waals surface area contributed by atoms with Gasteiger partial charge in [0.1, 0.15) is 43.9 Å². The van der Waals surface area contributed by atoms with Gasteiger partial charge in [0.05, 0.1) is 11.8 Å². The van der Waals surface area contributed by atoms with Crippen LogP contribution < -0.4 is 25.4 Å². The lowest BCUT2D eigenvalue weighted by Gasteiger charge is -2.35. The summed E-state index contributed by atoms with van der Waals surface area (Å²) in [6.07, 6.45) is 3.34. The lowest BCUT2D eigenvalue weighted by atomic mass is 10.0. The molecule has 0 saturated heterocycles. The summed E-state index contributed by atoms with van der Waals surface area (Å²) in [5.41, 5.74) is 7.90. The summed E-state index contributed by atoms with van der Waals surface area (Å²) in [6, 6.07) is 5.06. The van der Waals surface area contributed by atoms with Crippen LogP contribution in [0.3, 0.4) is 0 Å². The molecule has 0 saturated carbocycles. The summed E-state index contributed by atoms with van der Waals surface area (Å²) >= 11 is 0.